The molecule has 1 saturated heterocycles. The third kappa shape index (κ3) is 4.69. The maximum atomic E-state index is 13.3. The highest BCUT2D eigenvalue weighted by Gasteiger charge is 2.38. The lowest BCUT2D eigenvalue weighted by Crippen LogP contribution is -2.51. The predicted molar refractivity (Wildman–Crippen MR) is 118 cm³/mol. The molecule has 0 saturated carbocycles. The van der Waals surface area contributed by atoms with Gasteiger partial charge in [0, 0.05) is 17.5 Å². The van der Waals surface area contributed by atoms with Crippen LogP contribution >= 0.6 is 15.9 Å². The number of nitrogens with one attached hydrogen (secondary N) is 1. The molecule has 0 spiro atoms. The molecule has 1 heterocycles. The maximum absolute atomic E-state index is 13.3. The summed E-state index contributed by atoms with van der Waals surface area (Å²) in [6.45, 7) is 5.12. The topological polar surface area (TPSA) is 52.6 Å². The zero-order valence-corrected chi connectivity index (χ0v) is 18.4. The number of benzene rings is 1. The van der Waals surface area contributed by atoms with E-state index in [1.54, 1.807) is 0 Å². The van der Waals surface area contributed by atoms with Crippen molar-refractivity contribution < 1.29 is 9.90 Å². The van der Waals surface area contributed by atoms with E-state index in [1.165, 1.54) is 5.57 Å². The SMILES string of the molecule is C[C@@H](C1=CCC(C)(Br)C=C1)N1CCCC(CCCO)(c2ccccc2)NC1=O. The number of amides is 2. The number of aliphatic hydroxyl groups excluding tert-OH is 1. The first-order valence-corrected chi connectivity index (χ1v) is 11.0. The number of allylic oxidation sites excluding steroid dienone is 2. The molecule has 5 heteroatoms. The second kappa shape index (κ2) is 8.83. The van der Waals surface area contributed by atoms with Crippen molar-refractivity contribution >= 4 is 22.0 Å². The quantitative estimate of drug-likeness (QED) is 0.611. The van der Waals surface area contributed by atoms with Gasteiger partial charge >= 0.3 is 6.03 Å². The molecule has 3 rings (SSSR count). The summed E-state index contributed by atoms with van der Waals surface area (Å²) in [6, 6.07) is 10.2. The molecule has 0 radical (unpaired) electrons. The summed E-state index contributed by atoms with van der Waals surface area (Å²) in [7, 11) is 0. The molecule has 0 aromatic heterocycles. The number of hydrogen-bond acceptors (Lipinski definition) is 2. The van der Waals surface area contributed by atoms with Crippen molar-refractivity contribution in [2.24, 2.45) is 0 Å². The molecule has 1 aromatic rings. The van der Waals surface area contributed by atoms with E-state index in [2.05, 4.69) is 65.5 Å². The minimum atomic E-state index is -0.416. The summed E-state index contributed by atoms with van der Waals surface area (Å²) < 4.78 is 0.00399. The Kier molecular flexibility index (Phi) is 6.66. The average Bonchev–Trinajstić information content (AvgIpc) is 2.86. The molecule has 3 atom stereocenters. The predicted octanol–water partition coefficient (Wildman–Crippen LogP) is 4.89. The van der Waals surface area contributed by atoms with Crippen LogP contribution in [0.25, 0.3) is 0 Å². The fraction of sp³-hybridized carbons (Fsp3) is 0.522. The molecule has 1 aromatic carbocycles. The van der Waals surface area contributed by atoms with Crippen LogP contribution in [0.15, 0.2) is 54.1 Å². The Balaban J connectivity index is 1.81. The van der Waals surface area contributed by atoms with Gasteiger partial charge in [0.15, 0.2) is 0 Å². The van der Waals surface area contributed by atoms with Gasteiger partial charge in [-0.2, -0.15) is 0 Å². The number of halogens is 1. The van der Waals surface area contributed by atoms with Crippen molar-refractivity contribution in [2.45, 2.75) is 61.9 Å². The molecule has 1 fully saturated rings. The molecule has 1 aliphatic carbocycles. The first-order valence-electron chi connectivity index (χ1n) is 10.2. The smallest absolute Gasteiger partial charge is 0.318 e. The largest absolute Gasteiger partial charge is 0.396 e. The minimum absolute atomic E-state index is 0.00399. The number of urea groups is 1. The third-order valence-corrected chi connectivity index (χ3v) is 6.60. The van der Waals surface area contributed by atoms with Crippen LogP contribution in [-0.2, 0) is 5.54 Å². The lowest BCUT2D eigenvalue weighted by molar-refractivity contribution is 0.180. The van der Waals surface area contributed by atoms with Crippen LogP contribution in [0.3, 0.4) is 0 Å². The summed E-state index contributed by atoms with van der Waals surface area (Å²) in [6.07, 6.45) is 10.7. The van der Waals surface area contributed by atoms with Crippen LogP contribution in [0, 0.1) is 0 Å². The standard InChI is InChI=1S/C23H31BrN2O2/c1-18(19-10-14-22(2,24)15-11-19)26-16-6-12-23(13-7-17-27,25-21(26)28)20-8-4-3-5-9-20/h3-5,8-11,14,18,27H,6-7,12-13,15-17H2,1-2H3,(H,25,28)/t18-,22?,23?/m0/s1. The molecule has 152 valence electrons. The molecule has 28 heavy (non-hydrogen) atoms. The highest BCUT2D eigenvalue weighted by atomic mass is 79.9. The highest BCUT2D eigenvalue weighted by Crippen LogP contribution is 2.35. The second-order valence-electron chi connectivity index (χ2n) is 8.20. The third-order valence-electron chi connectivity index (χ3n) is 6.01. The molecule has 2 aliphatic rings. The van der Waals surface area contributed by atoms with Crippen molar-refractivity contribution in [2.75, 3.05) is 13.2 Å². The van der Waals surface area contributed by atoms with Crippen LogP contribution in [0.2, 0.25) is 0 Å². The number of aliphatic hydroxyl groups is 1. The molecule has 2 N–H and O–H groups in total. The summed E-state index contributed by atoms with van der Waals surface area (Å²) in [4.78, 5) is 15.2. The Labute approximate surface area is 176 Å². The van der Waals surface area contributed by atoms with Gasteiger partial charge in [-0.3, -0.25) is 0 Å². The lowest BCUT2D eigenvalue weighted by atomic mass is 9.82. The van der Waals surface area contributed by atoms with E-state index in [-0.39, 0.29) is 23.0 Å². The summed E-state index contributed by atoms with van der Waals surface area (Å²) >= 11 is 3.71. The van der Waals surface area contributed by atoms with Crippen LogP contribution in [-0.4, -0.2) is 39.6 Å². The minimum Gasteiger partial charge on any atom is -0.396 e. The Morgan fingerprint density at radius 1 is 1.32 bits per heavy atom. The monoisotopic (exact) mass is 446 g/mol. The van der Waals surface area contributed by atoms with Crippen LogP contribution in [0.1, 0.15) is 51.5 Å². The van der Waals surface area contributed by atoms with Crippen molar-refractivity contribution in [3.05, 3.63) is 59.7 Å². The second-order valence-corrected chi connectivity index (χ2v) is 10.0. The van der Waals surface area contributed by atoms with Crippen molar-refractivity contribution in [1.29, 1.82) is 0 Å². The van der Waals surface area contributed by atoms with Crippen LogP contribution < -0.4 is 5.32 Å². The number of alkyl halides is 1. The van der Waals surface area contributed by atoms with Gasteiger partial charge in [-0.05, 0) is 57.1 Å². The zero-order chi connectivity index (χ0) is 20.2. The van der Waals surface area contributed by atoms with E-state index in [9.17, 15) is 9.90 Å². The van der Waals surface area contributed by atoms with Gasteiger partial charge in [-0.15, -0.1) is 0 Å². The van der Waals surface area contributed by atoms with E-state index < -0.39 is 5.54 Å². The maximum Gasteiger partial charge on any atom is 0.318 e. The zero-order valence-electron chi connectivity index (χ0n) is 16.8. The molecule has 0 bridgehead atoms. The van der Waals surface area contributed by atoms with E-state index in [0.717, 1.165) is 37.8 Å². The molecule has 4 nitrogen and oxygen atoms in total. The van der Waals surface area contributed by atoms with E-state index in [4.69, 9.17) is 0 Å². The molecule has 2 amide bonds. The Bertz CT molecular complexity index is 744. The van der Waals surface area contributed by atoms with Gasteiger partial charge in [0.05, 0.1) is 11.6 Å². The van der Waals surface area contributed by atoms with Crippen molar-refractivity contribution in [3.63, 3.8) is 0 Å². The fourth-order valence-corrected chi connectivity index (χ4v) is 4.55. The average molecular weight is 447 g/mol. The Morgan fingerprint density at radius 2 is 2.07 bits per heavy atom. The first-order chi connectivity index (χ1) is 13.4. The van der Waals surface area contributed by atoms with E-state index in [0.29, 0.717) is 6.42 Å². The van der Waals surface area contributed by atoms with Gasteiger partial charge in [-0.1, -0.05) is 64.5 Å². The molecule has 1 aliphatic heterocycles. The Hall–Kier alpha value is -1.59. The summed E-state index contributed by atoms with van der Waals surface area (Å²) in [5.41, 5.74) is 1.90. The first kappa shape index (κ1) is 21.1. The number of carbonyl (C=O) groups excluding carboxylic acids is 1. The van der Waals surface area contributed by atoms with Crippen LogP contribution in [0.4, 0.5) is 4.79 Å². The van der Waals surface area contributed by atoms with Gasteiger partial charge in [0.1, 0.15) is 0 Å². The van der Waals surface area contributed by atoms with Crippen molar-refractivity contribution in [3.8, 4) is 0 Å². The molecule has 2 unspecified atom stereocenters. The summed E-state index contributed by atoms with van der Waals surface area (Å²) in [5, 5.41) is 12.8. The fourth-order valence-electron chi connectivity index (χ4n) is 4.26. The number of carbonyl (C=O) groups is 1. The summed E-state index contributed by atoms with van der Waals surface area (Å²) in [5.74, 6) is 0. The van der Waals surface area contributed by atoms with Gasteiger partial charge in [-0.25, -0.2) is 4.79 Å². The molecular formula is C23H31BrN2O2. The number of nitrogens with zero attached hydrogens (tertiary/aromatic N) is 1. The molecular weight excluding hydrogens is 416 g/mol. The highest BCUT2D eigenvalue weighted by molar-refractivity contribution is 9.10. The number of rotatable bonds is 6. The number of hydrogen-bond donors (Lipinski definition) is 2. The van der Waals surface area contributed by atoms with Gasteiger partial charge in [0.25, 0.3) is 0 Å². The van der Waals surface area contributed by atoms with E-state index in [1.807, 2.05) is 23.1 Å². The van der Waals surface area contributed by atoms with Gasteiger partial charge < -0.3 is 15.3 Å². The van der Waals surface area contributed by atoms with E-state index >= 15 is 0 Å². The van der Waals surface area contributed by atoms with Crippen LogP contribution in [0.5, 0.6) is 0 Å². The normalized spacial score (nSPS) is 29.1. The van der Waals surface area contributed by atoms with Gasteiger partial charge in [0.2, 0.25) is 0 Å². The van der Waals surface area contributed by atoms with Crippen molar-refractivity contribution in [1.82, 2.24) is 10.2 Å². The Morgan fingerprint density at radius 3 is 2.71 bits per heavy atom. The lowest BCUT2D eigenvalue weighted by Gasteiger charge is -2.36.